The largest absolute Gasteiger partial charge is 0.481 e. The van der Waals surface area contributed by atoms with Crippen molar-refractivity contribution >= 4 is 11.9 Å². The van der Waals surface area contributed by atoms with Crippen LogP contribution in [0.5, 0.6) is 0 Å². The topological polar surface area (TPSA) is 66.8 Å². The average molecular weight is 255 g/mol. The summed E-state index contributed by atoms with van der Waals surface area (Å²) < 4.78 is 5.38. The maximum absolute atomic E-state index is 12.0. The summed E-state index contributed by atoms with van der Waals surface area (Å²) in [5.74, 6) is -1.44. The van der Waals surface area contributed by atoms with E-state index >= 15 is 0 Å². The Balaban J connectivity index is 2.48. The van der Waals surface area contributed by atoms with Gasteiger partial charge in [0.15, 0.2) is 0 Å². The summed E-state index contributed by atoms with van der Waals surface area (Å²) in [6.07, 6.45) is 1.91. The van der Waals surface area contributed by atoms with Crippen molar-refractivity contribution in [2.24, 2.45) is 11.8 Å². The number of amides is 1. The molecule has 1 saturated heterocycles. The zero-order chi connectivity index (χ0) is 13.7. The molecule has 0 spiro atoms. The minimum Gasteiger partial charge on any atom is -0.481 e. The second-order valence-electron chi connectivity index (χ2n) is 4.76. The van der Waals surface area contributed by atoms with Crippen LogP contribution in [0.25, 0.3) is 0 Å². The zero-order valence-corrected chi connectivity index (χ0v) is 11.0. The summed E-state index contributed by atoms with van der Waals surface area (Å²) in [7, 11) is 0. The number of carboxylic acid groups (broad SMARTS) is 1. The molecule has 0 aromatic heterocycles. The van der Waals surface area contributed by atoms with Crippen LogP contribution in [0.15, 0.2) is 12.7 Å². The van der Waals surface area contributed by atoms with Gasteiger partial charge in [0.1, 0.15) is 6.10 Å². The number of aliphatic carboxylic acids is 1. The van der Waals surface area contributed by atoms with Crippen molar-refractivity contribution in [1.82, 2.24) is 4.90 Å². The molecule has 0 aromatic rings. The van der Waals surface area contributed by atoms with Crippen LogP contribution in [0.4, 0.5) is 0 Å². The van der Waals surface area contributed by atoms with Gasteiger partial charge in [-0.25, -0.2) is 0 Å². The highest BCUT2D eigenvalue weighted by Gasteiger charge is 2.38. The van der Waals surface area contributed by atoms with E-state index in [1.165, 1.54) is 0 Å². The Bertz CT molecular complexity index is 329. The fourth-order valence-electron chi connectivity index (χ4n) is 2.12. The number of hydrogen-bond acceptors (Lipinski definition) is 3. The van der Waals surface area contributed by atoms with E-state index in [1.54, 1.807) is 17.9 Å². The lowest BCUT2D eigenvalue weighted by Gasteiger charge is -2.20. The predicted octanol–water partition coefficient (Wildman–Crippen LogP) is 1.15. The molecule has 0 aliphatic carbocycles. The Labute approximate surface area is 107 Å². The highest BCUT2D eigenvalue weighted by molar-refractivity contribution is 5.82. The Kier molecular flexibility index (Phi) is 5.34. The van der Waals surface area contributed by atoms with E-state index in [-0.39, 0.29) is 18.4 Å². The van der Waals surface area contributed by atoms with Gasteiger partial charge in [0, 0.05) is 13.1 Å². The van der Waals surface area contributed by atoms with Crippen LogP contribution in [0.2, 0.25) is 0 Å². The second-order valence-corrected chi connectivity index (χ2v) is 4.76. The number of ether oxygens (including phenoxy) is 1. The summed E-state index contributed by atoms with van der Waals surface area (Å²) in [6.45, 7) is 8.37. The van der Waals surface area contributed by atoms with Gasteiger partial charge in [-0.3, -0.25) is 9.59 Å². The molecule has 3 atom stereocenters. The highest BCUT2D eigenvalue weighted by atomic mass is 16.5. The van der Waals surface area contributed by atoms with Gasteiger partial charge in [-0.1, -0.05) is 13.0 Å². The summed E-state index contributed by atoms with van der Waals surface area (Å²) in [4.78, 5) is 24.6. The van der Waals surface area contributed by atoms with Crippen molar-refractivity contribution < 1.29 is 19.4 Å². The minimum atomic E-state index is -0.835. The molecule has 1 aliphatic heterocycles. The van der Waals surface area contributed by atoms with Crippen LogP contribution in [0.1, 0.15) is 20.3 Å². The second kappa shape index (κ2) is 6.54. The lowest BCUT2D eigenvalue weighted by Crippen LogP contribution is -2.38. The van der Waals surface area contributed by atoms with Crippen LogP contribution in [-0.4, -0.2) is 47.7 Å². The molecule has 1 unspecified atom stereocenters. The van der Waals surface area contributed by atoms with Gasteiger partial charge in [0.05, 0.1) is 12.5 Å². The van der Waals surface area contributed by atoms with Crippen LogP contribution in [-0.2, 0) is 14.3 Å². The molecule has 1 N–H and O–H groups in total. The lowest BCUT2D eigenvalue weighted by molar-refractivity contribution is -0.143. The number of carboxylic acids is 1. The van der Waals surface area contributed by atoms with E-state index in [0.717, 1.165) is 0 Å². The molecule has 1 rings (SSSR count). The van der Waals surface area contributed by atoms with Crippen molar-refractivity contribution in [3.63, 3.8) is 0 Å². The molecule has 1 amide bonds. The molecule has 5 heteroatoms. The minimum absolute atomic E-state index is 0.00757. The molecule has 0 saturated carbocycles. The van der Waals surface area contributed by atoms with E-state index in [4.69, 9.17) is 9.84 Å². The normalized spacial score (nSPS) is 24.9. The highest BCUT2D eigenvalue weighted by Crippen LogP contribution is 2.23. The van der Waals surface area contributed by atoms with E-state index in [1.807, 2.05) is 6.92 Å². The van der Waals surface area contributed by atoms with E-state index < -0.39 is 18.0 Å². The summed E-state index contributed by atoms with van der Waals surface area (Å²) >= 11 is 0. The van der Waals surface area contributed by atoms with Gasteiger partial charge >= 0.3 is 5.97 Å². The van der Waals surface area contributed by atoms with E-state index in [0.29, 0.717) is 19.6 Å². The van der Waals surface area contributed by atoms with Crippen LogP contribution < -0.4 is 0 Å². The summed E-state index contributed by atoms with van der Waals surface area (Å²) in [6, 6.07) is 0. The summed E-state index contributed by atoms with van der Waals surface area (Å²) in [5.41, 5.74) is 0. The fraction of sp³-hybridized carbons (Fsp3) is 0.692. The van der Waals surface area contributed by atoms with Gasteiger partial charge in [-0.05, 0) is 19.3 Å². The number of likely N-dealkylation sites (tertiary alicyclic amines) is 1. The monoisotopic (exact) mass is 255 g/mol. The maximum Gasteiger partial charge on any atom is 0.308 e. The summed E-state index contributed by atoms with van der Waals surface area (Å²) in [5, 5.41) is 9.01. The number of carbonyl (C=O) groups is 2. The van der Waals surface area contributed by atoms with Crippen molar-refractivity contribution in [3.8, 4) is 0 Å². The third-order valence-corrected chi connectivity index (χ3v) is 3.28. The van der Waals surface area contributed by atoms with Gasteiger partial charge in [-0.15, -0.1) is 6.58 Å². The van der Waals surface area contributed by atoms with Crippen LogP contribution in [0.3, 0.4) is 0 Å². The molecule has 5 nitrogen and oxygen atoms in total. The first kappa shape index (κ1) is 14.7. The van der Waals surface area contributed by atoms with Gasteiger partial charge in [0.25, 0.3) is 5.91 Å². The standard InChI is InChI=1S/C13H21NO4/c1-4-5-6-18-10(3)12(15)14-7-9(2)11(8-14)13(16)17/h4,9-11H,1,5-8H2,2-3H3,(H,16,17)/t9-,10?,11-/m1/s1. The number of nitrogens with zero attached hydrogens (tertiary/aromatic N) is 1. The van der Waals surface area contributed by atoms with Crippen molar-refractivity contribution in [2.75, 3.05) is 19.7 Å². The van der Waals surface area contributed by atoms with Crippen molar-refractivity contribution in [2.45, 2.75) is 26.4 Å². The third-order valence-electron chi connectivity index (χ3n) is 3.28. The molecule has 0 bridgehead atoms. The van der Waals surface area contributed by atoms with E-state index in [2.05, 4.69) is 6.58 Å². The average Bonchev–Trinajstić information content (AvgIpc) is 2.70. The molecule has 18 heavy (non-hydrogen) atoms. The first-order valence-electron chi connectivity index (χ1n) is 6.21. The SMILES string of the molecule is C=CCCOC(C)C(=O)N1C[C@@H](C)[C@H](C(=O)O)C1. The Morgan fingerprint density at radius 3 is 2.72 bits per heavy atom. The quantitative estimate of drug-likeness (QED) is 0.571. The number of carbonyl (C=O) groups excluding carboxylic acids is 1. The molecule has 102 valence electrons. The molecule has 0 radical (unpaired) electrons. The third kappa shape index (κ3) is 3.57. The number of rotatable bonds is 6. The van der Waals surface area contributed by atoms with Crippen LogP contribution >= 0.6 is 0 Å². The molecule has 1 heterocycles. The fourth-order valence-corrected chi connectivity index (χ4v) is 2.12. The maximum atomic E-state index is 12.0. The van der Waals surface area contributed by atoms with E-state index in [9.17, 15) is 9.59 Å². The number of hydrogen-bond donors (Lipinski definition) is 1. The molecule has 1 fully saturated rings. The first-order chi connectivity index (χ1) is 8.47. The zero-order valence-electron chi connectivity index (χ0n) is 11.0. The molecule has 1 aliphatic rings. The van der Waals surface area contributed by atoms with Gasteiger partial charge in [-0.2, -0.15) is 0 Å². The Hall–Kier alpha value is -1.36. The predicted molar refractivity (Wildman–Crippen MR) is 67.1 cm³/mol. The van der Waals surface area contributed by atoms with Gasteiger partial charge < -0.3 is 14.7 Å². The first-order valence-corrected chi connectivity index (χ1v) is 6.21. The van der Waals surface area contributed by atoms with Crippen LogP contribution in [0, 0.1) is 11.8 Å². The Morgan fingerprint density at radius 1 is 1.56 bits per heavy atom. The molecule has 0 aromatic carbocycles. The smallest absolute Gasteiger partial charge is 0.308 e. The van der Waals surface area contributed by atoms with Crippen molar-refractivity contribution in [3.05, 3.63) is 12.7 Å². The van der Waals surface area contributed by atoms with Gasteiger partial charge in [0.2, 0.25) is 0 Å². The van der Waals surface area contributed by atoms with Crippen molar-refractivity contribution in [1.29, 1.82) is 0 Å². The lowest BCUT2D eigenvalue weighted by atomic mass is 9.99. The molecular weight excluding hydrogens is 234 g/mol. The molecular formula is C13H21NO4. The Morgan fingerprint density at radius 2 is 2.22 bits per heavy atom.